The number of ketones is 1. The van der Waals surface area contributed by atoms with E-state index in [9.17, 15) is 9.59 Å². The highest BCUT2D eigenvalue weighted by molar-refractivity contribution is 6.05. The Morgan fingerprint density at radius 3 is 2.55 bits per heavy atom. The van der Waals surface area contributed by atoms with Crippen molar-refractivity contribution in [1.82, 2.24) is 10.2 Å². The molecule has 1 saturated heterocycles. The number of fused-ring (bicyclic) bond motifs is 1. The summed E-state index contributed by atoms with van der Waals surface area (Å²) in [6.07, 6.45) is 3.06. The molecule has 0 spiro atoms. The molecule has 2 aromatic rings. The number of nitrogens with one attached hydrogen (secondary N) is 1. The molecule has 1 heterocycles. The molecule has 31 heavy (non-hydrogen) atoms. The van der Waals surface area contributed by atoms with Crippen molar-refractivity contribution in [3.05, 3.63) is 41.5 Å². The molecule has 1 N–H and O–H groups in total. The van der Waals surface area contributed by atoms with E-state index in [0.717, 1.165) is 29.4 Å². The Kier molecular flexibility index (Phi) is 5.93. The molecule has 1 atom stereocenters. The second-order valence-corrected chi connectivity index (χ2v) is 9.54. The van der Waals surface area contributed by atoms with Crippen LogP contribution in [-0.4, -0.2) is 55.2 Å². The molecule has 0 aromatic heterocycles. The van der Waals surface area contributed by atoms with E-state index < -0.39 is 17.7 Å². The first-order valence-electron chi connectivity index (χ1n) is 11.1. The van der Waals surface area contributed by atoms with Crippen LogP contribution in [0.4, 0.5) is 4.79 Å². The molecule has 166 valence electrons. The number of carbonyl (C=O) groups is 2. The van der Waals surface area contributed by atoms with Gasteiger partial charge in [-0.15, -0.1) is 0 Å². The summed E-state index contributed by atoms with van der Waals surface area (Å²) < 4.78 is 11.0. The van der Waals surface area contributed by atoms with Crippen LogP contribution in [0.2, 0.25) is 0 Å². The Balaban J connectivity index is 1.69. The van der Waals surface area contributed by atoms with E-state index in [0.29, 0.717) is 31.1 Å². The average molecular weight is 425 g/mol. The Hall–Kier alpha value is -2.60. The molecule has 1 aliphatic heterocycles. The second-order valence-electron chi connectivity index (χ2n) is 9.54. The third-order valence-electron chi connectivity index (χ3n) is 6.20. The van der Waals surface area contributed by atoms with Gasteiger partial charge < -0.3 is 14.8 Å². The minimum absolute atomic E-state index is 0.0450. The van der Waals surface area contributed by atoms with Crippen molar-refractivity contribution in [2.24, 2.45) is 0 Å². The summed E-state index contributed by atoms with van der Waals surface area (Å²) in [6, 6.07) is 9.41. The molecule has 1 aliphatic carbocycles. The number of Topliss-reactive ketones (excluding diaryl/α,β-unsaturated/α-hetero) is 1. The summed E-state index contributed by atoms with van der Waals surface area (Å²) in [6.45, 7) is 7.04. The van der Waals surface area contributed by atoms with E-state index in [-0.39, 0.29) is 5.78 Å². The molecule has 4 rings (SSSR count). The van der Waals surface area contributed by atoms with Crippen LogP contribution in [0.1, 0.15) is 61.9 Å². The monoisotopic (exact) mass is 424 g/mol. The Labute approximate surface area is 183 Å². The van der Waals surface area contributed by atoms with Crippen LogP contribution in [0.25, 0.3) is 10.8 Å². The summed E-state index contributed by atoms with van der Waals surface area (Å²) in [5.74, 6) is 1.24. The van der Waals surface area contributed by atoms with E-state index in [1.165, 1.54) is 12.0 Å². The maximum absolute atomic E-state index is 13.6. The zero-order chi connectivity index (χ0) is 22.2. The number of methoxy groups -OCH3 is 1. The van der Waals surface area contributed by atoms with Crippen LogP contribution >= 0.6 is 0 Å². The van der Waals surface area contributed by atoms with Crippen LogP contribution in [0.15, 0.2) is 30.3 Å². The molecule has 0 bridgehead atoms. The maximum Gasteiger partial charge on any atom is 0.411 e. The Morgan fingerprint density at radius 1 is 1.13 bits per heavy atom. The van der Waals surface area contributed by atoms with E-state index in [1.54, 1.807) is 12.0 Å². The number of nitrogens with zero attached hydrogens (tertiary/aromatic N) is 1. The molecule has 6 heteroatoms. The number of ether oxygens (including phenoxy) is 2. The fraction of sp³-hybridized carbons (Fsp3) is 0.520. The quantitative estimate of drug-likeness (QED) is 0.732. The molecule has 0 radical (unpaired) electrons. The summed E-state index contributed by atoms with van der Waals surface area (Å²) >= 11 is 0. The molecule has 1 amide bonds. The number of piperazine rings is 1. The van der Waals surface area contributed by atoms with Gasteiger partial charge in [0.25, 0.3) is 0 Å². The predicted molar refractivity (Wildman–Crippen MR) is 121 cm³/mol. The highest BCUT2D eigenvalue weighted by Crippen LogP contribution is 2.41. The van der Waals surface area contributed by atoms with Crippen LogP contribution in [0.5, 0.6) is 5.75 Å². The van der Waals surface area contributed by atoms with Gasteiger partial charge in [-0.05, 0) is 80.1 Å². The SMILES string of the molecule is COc1ccc2cc(C(=O)C3CNCCN3C(=O)OC(C)(C)C)cc(C3CCC3)c2c1. The van der Waals surface area contributed by atoms with Crippen molar-refractivity contribution < 1.29 is 19.1 Å². The van der Waals surface area contributed by atoms with Gasteiger partial charge in [-0.25, -0.2) is 4.79 Å². The zero-order valence-electron chi connectivity index (χ0n) is 18.9. The smallest absolute Gasteiger partial charge is 0.411 e. The first-order chi connectivity index (χ1) is 14.8. The molecule has 2 aliphatic rings. The normalized spacial score (nSPS) is 19.7. The summed E-state index contributed by atoms with van der Waals surface area (Å²) in [5, 5.41) is 5.43. The minimum Gasteiger partial charge on any atom is -0.497 e. The van der Waals surface area contributed by atoms with Crippen LogP contribution in [0.3, 0.4) is 0 Å². The van der Waals surface area contributed by atoms with Gasteiger partial charge in [-0.2, -0.15) is 0 Å². The molecule has 1 saturated carbocycles. The lowest BCUT2D eigenvalue weighted by Gasteiger charge is -2.36. The van der Waals surface area contributed by atoms with Gasteiger partial charge in [0.1, 0.15) is 17.4 Å². The summed E-state index contributed by atoms with van der Waals surface area (Å²) in [7, 11) is 1.67. The van der Waals surface area contributed by atoms with Crippen molar-refractivity contribution >= 4 is 22.6 Å². The van der Waals surface area contributed by atoms with Gasteiger partial charge in [0.2, 0.25) is 0 Å². The van der Waals surface area contributed by atoms with Crippen molar-refractivity contribution in [2.75, 3.05) is 26.7 Å². The maximum atomic E-state index is 13.6. The summed E-state index contributed by atoms with van der Waals surface area (Å²) in [4.78, 5) is 28.0. The highest BCUT2D eigenvalue weighted by Gasteiger charge is 2.36. The number of amides is 1. The lowest BCUT2D eigenvalue weighted by Crippen LogP contribution is -2.57. The number of hydrogen-bond acceptors (Lipinski definition) is 5. The molecular formula is C25H32N2O4. The second kappa shape index (κ2) is 8.50. The van der Waals surface area contributed by atoms with E-state index in [4.69, 9.17) is 9.47 Å². The lowest BCUT2D eigenvalue weighted by atomic mass is 9.77. The molecular weight excluding hydrogens is 392 g/mol. The average Bonchev–Trinajstić information content (AvgIpc) is 2.70. The zero-order valence-corrected chi connectivity index (χ0v) is 18.9. The summed E-state index contributed by atoms with van der Waals surface area (Å²) in [5.41, 5.74) is 1.26. The topological polar surface area (TPSA) is 67.9 Å². The fourth-order valence-electron chi connectivity index (χ4n) is 4.36. The number of benzene rings is 2. The molecule has 6 nitrogen and oxygen atoms in total. The van der Waals surface area contributed by atoms with Gasteiger partial charge in [0.05, 0.1) is 7.11 Å². The first-order valence-corrected chi connectivity index (χ1v) is 11.1. The van der Waals surface area contributed by atoms with Crippen molar-refractivity contribution in [3.63, 3.8) is 0 Å². The van der Waals surface area contributed by atoms with Gasteiger partial charge in [0.15, 0.2) is 5.78 Å². The van der Waals surface area contributed by atoms with Crippen LogP contribution in [-0.2, 0) is 4.74 Å². The van der Waals surface area contributed by atoms with Gasteiger partial charge >= 0.3 is 6.09 Å². The first kappa shape index (κ1) is 21.6. The van der Waals surface area contributed by atoms with E-state index in [2.05, 4.69) is 11.4 Å². The third-order valence-corrected chi connectivity index (χ3v) is 6.20. The van der Waals surface area contributed by atoms with Crippen molar-refractivity contribution in [1.29, 1.82) is 0 Å². The fourth-order valence-corrected chi connectivity index (χ4v) is 4.36. The standard InChI is InChI=1S/C25H32N2O4/c1-25(2,3)31-24(29)27-11-10-26-15-22(27)23(28)18-12-17-8-9-19(30-4)14-21(17)20(13-18)16-6-5-7-16/h8-9,12-14,16,22,26H,5-7,10-11,15H2,1-4H3. The third kappa shape index (κ3) is 4.54. The largest absolute Gasteiger partial charge is 0.497 e. The van der Waals surface area contributed by atoms with Gasteiger partial charge in [-0.3, -0.25) is 9.69 Å². The molecule has 1 unspecified atom stereocenters. The van der Waals surface area contributed by atoms with Crippen molar-refractivity contribution in [2.45, 2.75) is 57.6 Å². The highest BCUT2D eigenvalue weighted by atomic mass is 16.6. The number of carbonyl (C=O) groups excluding carboxylic acids is 2. The van der Waals surface area contributed by atoms with E-state index >= 15 is 0 Å². The predicted octanol–water partition coefficient (Wildman–Crippen LogP) is 4.51. The lowest BCUT2D eigenvalue weighted by molar-refractivity contribution is 0.0125. The van der Waals surface area contributed by atoms with Gasteiger partial charge in [0, 0.05) is 25.2 Å². The molecule has 2 aromatic carbocycles. The van der Waals surface area contributed by atoms with Gasteiger partial charge in [-0.1, -0.05) is 12.5 Å². The Morgan fingerprint density at radius 2 is 1.90 bits per heavy atom. The van der Waals surface area contributed by atoms with Crippen LogP contribution in [0, 0.1) is 0 Å². The Bertz CT molecular complexity index is 991. The minimum atomic E-state index is -0.602. The molecule has 2 fully saturated rings. The van der Waals surface area contributed by atoms with E-state index in [1.807, 2.05) is 45.0 Å². The van der Waals surface area contributed by atoms with Crippen molar-refractivity contribution in [3.8, 4) is 5.75 Å². The number of hydrogen-bond donors (Lipinski definition) is 1. The number of rotatable bonds is 4. The van der Waals surface area contributed by atoms with Crippen LogP contribution < -0.4 is 10.1 Å².